The lowest BCUT2D eigenvalue weighted by Crippen LogP contribution is -2.43. The third-order valence-electron chi connectivity index (χ3n) is 3.15. The van der Waals surface area contributed by atoms with E-state index in [-0.39, 0.29) is 6.54 Å². The molecule has 5 heteroatoms. The molecular formula is C15H15F2N2O+. The SMILES string of the molecule is Cc1ccc[n+](CC(=O)Nc2c(F)cccc2F)c1C. The smallest absolute Gasteiger partial charge is 0.290 e. The molecule has 0 bridgehead atoms. The monoisotopic (exact) mass is 277 g/mol. The van der Waals surface area contributed by atoms with E-state index in [2.05, 4.69) is 5.32 Å². The number of amides is 1. The van der Waals surface area contributed by atoms with Crippen molar-refractivity contribution in [1.29, 1.82) is 0 Å². The van der Waals surface area contributed by atoms with Crippen molar-refractivity contribution in [1.82, 2.24) is 0 Å². The van der Waals surface area contributed by atoms with Crippen molar-refractivity contribution in [2.45, 2.75) is 20.4 Å². The van der Waals surface area contributed by atoms with E-state index in [0.717, 1.165) is 23.4 Å². The summed E-state index contributed by atoms with van der Waals surface area (Å²) in [6, 6.07) is 7.20. The number of para-hydroxylation sites is 1. The zero-order valence-electron chi connectivity index (χ0n) is 11.3. The van der Waals surface area contributed by atoms with Crippen LogP contribution in [0.4, 0.5) is 14.5 Å². The van der Waals surface area contributed by atoms with E-state index in [1.165, 1.54) is 6.07 Å². The average Bonchev–Trinajstić information content (AvgIpc) is 2.39. The Kier molecular flexibility index (Phi) is 4.08. The first-order valence-electron chi connectivity index (χ1n) is 6.18. The molecule has 1 heterocycles. The van der Waals surface area contributed by atoms with Crippen LogP contribution in [0.3, 0.4) is 0 Å². The minimum atomic E-state index is -0.788. The zero-order valence-corrected chi connectivity index (χ0v) is 11.3. The summed E-state index contributed by atoms with van der Waals surface area (Å²) in [7, 11) is 0. The van der Waals surface area contributed by atoms with Gasteiger partial charge in [-0.2, -0.15) is 4.57 Å². The molecule has 3 nitrogen and oxygen atoms in total. The molecule has 1 aromatic heterocycles. The lowest BCUT2D eigenvalue weighted by molar-refractivity contribution is -0.690. The quantitative estimate of drug-likeness (QED) is 0.859. The number of hydrogen-bond donors (Lipinski definition) is 1. The fraction of sp³-hybridized carbons (Fsp3) is 0.200. The van der Waals surface area contributed by atoms with E-state index in [4.69, 9.17) is 0 Å². The Labute approximate surface area is 115 Å². The molecule has 0 spiro atoms. The maximum absolute atomic E-state index is 13.4. The normalized spacial score (nSPS) is 10.4. The molecule has 104 valence electrons. The van der Waals surface area contributed by atoms with Gasteiger partial charge in [0.25, 0.3) is 5.91 Å². The zero-order chi connectivity index (χ0) is 14.7. The highest BCUT2D eigenvalue weighted by Crippen LogP contribution is 2.17. The maximum atomic E-state index is 13.4. The number of anilines is 1. The molecule has 0 radical (unpaired) electrons. The van der Waals surface area contributed by atoms with Crippen LogP contribution in [-0.2, 0) is 11.3 Å². The summed E-state index contributed by atoms with van der Waals surface area (Å²) in [5.41, 5.74) is 1.55. The van der Waals surface area contributed by atoms with Crippen LogP contribution in [-0.4, -0.2) is 5.91 Å². The fourth-order valence-corrected chi connectivity index (χ4v) is 1.87. The van der Waals surface area contributed by atoms with Crippen molar-refractivity contribution in [2.75, 3.05) is 5.32 Å². The minimum absolute atomic E-state index is 0.00128. The molecule has 0 fully saturated rings. The Hall–Kier alpha value is -2.30. The number of nitrogens with zero attached hydrogens (tertiary/aromatic N) is 1. The summed E-state index contributed by atoms with van der Waals surface area (Å²) in [5, 5.41) is 2.26. The number of rotatable bonds is 3. The Bertz CT molecular complexity index is 636. The Morgan fingerprint density at radius 3 is 2.45 bits per heavy atom. The molecule has 1 aromatic carbocycles. The molecule has 0 saturated heterocycles. The first kappa shape index (κ1) is 14.1. The minimum Gasteiger partial charge on any atom is -0.316 e. The largest absolute Gasteiger partial charge is 0.316 e. The van der Waals surface area contributed by atoms with Gasteiger partial charge in [-0.25, -0.2) is 8.78 Å². The van der Waals surface area contributed by atoms with Crippen molar-refractivity contribution < 1.29 is 18.1 Å². The molecular weight excluding hydrogens is 262 g/mol. The lowest BCUT2D eigenvalue weighted by atomic mass is 10.2. The van der Waals surface area contributed by atoms with Gasteiger partial charge >= 0.3 is 0 Å². The van der Waals surface area contributed by atoms with Gasteiger partial charge in [-0.3, -0.25) is 4.79 Å². The van der Waals surface area contributed by atoms with Gasteiger partial charge in [-0.15, -0.1) is 0 Å². The molecule has 0 aliphatic rings. The van der Waals surface area contributed by atoms with Crippen molar-refractivity contribution in [2.24, 2.45) is 0 Å². The number of nitrogens with one attached hydrogen (secondary N) is 1. The van der Waals surface area contributed by atoms with Crippen LogP contribution in [0.1, 0.15) is 11.3 Å². The number of carbonyl (C=O) groups is 1. The van der Waals surface area contributed by atoms with Gasteiger partial charge in [0.2, 0.25) is 6.54 Å². The summed E-state index contributed by atoms with van der Waals surface area (Å²) in [4.78, 5) is 11.9. The predicted molar refractivity (Wildman–Crippen MR) is 71.1 cm³/mol. The van der Waals surface area contributed by atoms with Crippen molar-refractivity contribution in [3.8, 4) is 0 Å². The van der Waals surface area contributed by atoms with E-state index in [1.807, 2.05) is 26.0 Å². The summed E-state index contributed by atoms with van der Waals surface area (Å²) < 4.78 is 28.6. The maximum Gasteiger partial charge on any atom is 0.290 e. The summed E-state index contributed by atoms with van der Waals surface area (Å²) in [5.74, 6) is -2.05. The van der Waals surface area contributed by atoms with E-state index in [1.54, 1.807) is 10.8 Å². The van der Waals surface area contributed by atoms with Gasteiger partial charge < -0.3 is 5.32 Å². The van der Waals surface area contributed by atoms with Crippen LogP contribution in [0.2, 0.25) is 0 Å². The van der Waals surface area contributed by atoms with Gasteiger partial charge in [0.1, 0.15) is 17.3 Å². The molecule has 0 aliphatic heterocycles. The number of benzene rings is 1. The molecule has 0 saturated carbocycles. The van der Waals surface area contributed by atoms with Crippen LogP contribution in [0, 0.1) is 25.5 Å². The Balaban J connectivity index is 2.16. The number of carbonyl (C=O) groups excluding carboxylic acids is 1. The van der Waals surface area contributed by atoms with Gasteiger partial charge in [0.15, 0.2) is 11.9 Å². The fourth-order valence-electron chi connectivity index (χ4n) is 1.87. The van der Waals surface area contributed by atoms with Crippen molar-refractivity contribution in [3.05, 3.63) is 59.4 Å². The number of aromatic nitrogens is 1. The number of hydrogen-bond acceptors (Lipinski definition) is 1. The summed E-state index contributed by atoms with van der Waals surface area (Å²) in [6.07, 6.45) is 1.75. The van der Waals surface area contributed by atoms with Crippen molar-refractivity contribution >= 4 is 11.6 Å². The molecule has 2 aromatic rings. The lowest BCUT2D eigenvalue weighted by Gasteiger charge is -2.07. The van der Waals surface area contributed by atoms with Crippen LogP contribution in [0.15, 0.2) is 36.5 Å². The highest BCUT2D eigenvalue weighted by atomic mass is 19.1. The number of pyridine rings is 1. The second kappa shape index (κ2) is 5.77. The van der Waals surface area contributed by atoms with E-state index >= 15 is 0 Å². The van der Waals surface area contributed by atoms with Crippen molar-refractivity contribution in [3.63, 3.8) is 0 Å². The molecule has 0 atom stereocenters. The Morgan fingerprint density at radius 2 is 1.80 bits per heavy atom. The van der Waals surface area contributed by atoms with Gasteiger partial charge in [0, 0.05) is 18.6 Å². The molecule has 20 heavy (non-hydrogen) atoms. The van der Waals surface area contributed by atoms with E-state index in [0.29, 0.717) is 0 Å². The first-order chi connectivity index (χ1) is 9.49. The van der Waals surface area contributed by atoms with Gasteiger partial charge in [-0.1, -0.05) is 6.07 Å². The van der Waals surface area contributed by atoms with Crippen LogP contribution in [0.5, 0.6) is 0 Å². The highest BCUT2D eigenvalue weighted by molar-refractivity contribution is 5.89. The first-order valence-corrected chi connectivity index (χ1v) is 6.18. The predicted octanol–water partition coefficient (Wildman–Crippen LogP) is 2.51. The van der Waals surface area contributed by atoms with Gasteiger partial charge in [0.05, 0.1) is 0 Å². The molecule has 0 unspecified atom stereocenters. The van der Waals surface area contributed by atoms with Crippen LogP contribution in [0.25, 0.3) is 0 Å². The van der Waals surface area contributed by atoms with Crippen LogP contribution >= 0.6 is 0 Å². The van der Waals surface area contributed by atoms with Crippen LogP contribution < -0.4 is 9.88 Å². The third-order valence-corrected chi connectivity index (χ3v) is 3.15. The molecule has 1 N–H and O–H groups in total. The second-order valence-corrected chi connectivity index (χ2v) is 4.55. The summed E-state index contributed by atoms with van der Waals surface area (Å²) >= 11 is 0. The topological polar surface area (TPSA) is 33.0 Å². The number of aryl methyl sites for hydroxylation is 1. The van der Waals surface area contributed by atoms with E-state index < -0.39 is 23.2 Å². The molecule has 1 amide bonds. The second-order valence-electron chi connectivity index (χ2n) is 4.55. The summed E-state index contributed by atoms with van der Waals surface area (Å²) in [6.45, 7) is 3.81. The third kappa shape index (κ3) is 2.99. The van der Waals surface area contributed by atoms with Gasteiger partial charge in [-0.05, 0) is 25.1 Å². The molecule has 0 aliphatic carbocycles. The average molecular weight is 277 g/mol. The molecule has 2 rings (SSSR count). The number of halogens is 2. The highest BCUT2D eigenvalue weighted by Gasteiger charge is 2.17. The Morgan fingerprint density at radius 1 is 1.15 bits per heavy atom. The van der Waals surface area contributed by atoms with E-state index in [9.17, 15) is 13.6 Å². The standard InChI is InChI=1S/C15H14F2N2O/c1-10-5-4-8-19(11(10)2)9-14(20)18-15-12(16)6-3-7-13(15)17/h3-8H,9H2,1-2H3/p+1.